The summed E-state index contributed by atoms with van der Waals surface area (Å²) in [4.78, 5) is 10.7. The maximum Gasteiger partial charge on any atom is 0.331 e. The lowest BCUT2D eigenvalue weighted by molar-refractivity contribution is -0.132. The van der Waals surface area contributed by atoms with Gasteiger partial charge in [0.25, 0.3) is 0 Å². The van der Waals surface area contributed by atoms with Gasteiger partial charge >= 0.3 is 5.97 Å². The van der Waals surface area contributed by atoms with Crippen molar-refractivity contribution in [1.82, 2.24) is 9.78 Å². The second-order valence-corrected chi connectivity index (χ2v) is 3.23. The van der Waals surface area contributed by atoms with Gasteiger partial charge in [-0.05, 0) is 19.4 Å². The maximum atomic E-state index is 10.7. The number of aromatic nitrogens is 2. The third-order valence-electron chi connectivity index (χ3n) is 2.17. The number of hydrogen-bond donors (Lipinski definition) is 1. The smallest absolute Gasteiger partial charge is 0.331 e. The number of rotatable bonds is 6. The number of nitrogens with zero attached hydrogens (tertiary/aromatic N) is 2. The fourth-order valence-electron chi connectivity index (χ4n) is 1.21. The van der Waals surface area contributed by atoms with Crippen molar-refractivity contribution >= 4 is 5.97 Å². The van der Waals surface area contributed by atoms with Crippen LogP contribution in [0.1, 0.15) is 20.3 Å². The number of ether oxygens (including phenoxy) is 1. The number of carbonyl (C=O) groups is 1. The molecule has 0 radical (unpaired) electrons. The van der Waals surface area contributed by atoms with Gasteiger partial charge in [-0.1, -0.05) is 6.92 Å². The fourth-order valence-corrected chi connectivity index (χ4v) is 1.21. The SMILES string of the molecule is CCC(=CCOc1cnn(CC)c1)C(=O)O. The summed E-state index contributed by atoms with van der Waals surface area (Å²) in [6.07, 6.45) is 5.46. The third kappa shape index (κ3) is 3.42. The molecule has 0 saturated carbocycles. The summed E-state index contributed by atoms with van der Waals surface area (Å²) >= 11 is 0. The van der Waals surface area contributed by atoms with Gasteiger partial charge in [0.15, 0.2) is 5.75 Å². The first-order chi connectivity index (χ1) is 7.67. The van der Waals surface area contributed by atoms with Gasteiger partial charge in [-0.15, -0.1) is 0 Å². The Balaban J connectivity index is 2.48. The van der Waals surface area contributed by atoms with Gasteiger partial charge in [0.2, 0.25) is 0 Å². The lowest BCUT2D eigenvalue weighted by Crippen LogP contribution is -2.02. The molecule has 0 amide bonds. The Labute approximate surface area is 94.3 Å². The first-order valence-corrected chi connectivity index (χ1v) is 5.25. The highest BCUT2D eigenvalue weighted by atomic mass is 16.5. The van der Waals surface area contributed by atoms with E-state index in [-0.39, 0.29) is 6.61 Å². The lowest BCUT2D eigenvalue weighted by atomic mass is 10.2. The summed E-state index contributed by atoms with van der Waals surface area (Å²) in [7, 11) is 0. The van der Waals surface area contributed by atoms with Gasteiger partial charge in [0.05, 0.1) is 12.4 Å². The predicted octanol–water partition coefficient (Wildman–Crippen LogP) is 1.70. The number of aliphatic carboxylic acids is 1. The predicted molar refractivity (Wildman–Crippen MR) is 59.4 cm³/mol. The minimum absolute atomic E-state index is 0.255. The zero-order valence-electron chi connectivity index (χ0n) is 9.51. The zero-order chi connectivity index (χ0) is 12.0. The number of hydrogen-bond acceptors (Lipinski definition) is 3. The molecule has 0 unspecified atom stereocenters. The van der Waals surface area contributed by atoms with Gasteiger partial charge in [-0.25, -0.2) is 4.79 Å². The van der Waals surface area contributed by atoms with E-state index in [1.54, 1.807) is 30.1 Å². The highest BCUT2D eigenvalue weighted by Gasteiger charge is 2.03. The zero-order valence-corrected chi connectivity index (χ0v) is 9.51. The summed E-state index contributed by atoms with van der Waals surface area (Å²) in [5.74, 6) is -0.241. The molecule has 88 valence electrons. The largest absolute Gasteiger partial charge is 0.486 e. The van der Waals surface area contributed by atoms with Crippen molar-refractivity contribution in [1.29, 1.82) is 0 Å². The Morgan fingerprint density at radius 1 is 1.62 bits per heavy atom. The average molecular weight is 224 g/mol. The minimum atomic E-state index is -0.893. The summed E-state index contributed by atoms with van der Waals surface area (Å²) in [6.45, 7) is 4.82. The van der Waals surface area contributed by atoms with Crippen molar-refractivity contribution in [2.24, 2.45) is 0 Å². The molecule has 0 aliphatic rings. The quantitative estimate of drug-likeness (QED) is 0.747. The van der Waals surface area contributed by atoms with Crippen molar-refractivity contribution in [3.05, 3.63) is 24.0 Å². The van der Waals surface area contributed by atoms with Gasteiger partial charge in [0, 0.05) is 12.1 Å². The standard InChI is InChI=1S/C11H16N2O3/c1-3-9(11(14)15)5-6-16-10-7-12-13(4-2)8-10/h5,7-8H,3-4,6H2,1-2H3,(H,14,15). The van der Waals surface area contributed by atoms with Crippen LogP contribution in [0.5, 0.6) is 5.75 Å². The molecule has 1 heterocycles. The van der Waals surface area contributed by atoms with Crippen LogP contribution in [0.3, 0.4) is 0 Å². The molecule has 5 heteroatoms. The molecule has 5 nitrogen and oxygen atoms in total. The first-order valence-electron chi connectivity index (χ1n) is 5.25. The van der Waals surface area contributed by atoms with Gasteiger partial charge in [0.1, 0.15) is 6.61 Å². The average Bonchev–Trinajstić information content (AvgIpc) is 2.71. The first kappa shape index (κ1) is 12.3. The Morgan fingerprint density at radius 2 is 2.38 bits per heavy atom. The van der Waals surface area contributed by atoms with Crippen LogP contribution >= 0.6 is 0 Å². The second-order valence-electron chi connectivity index (χ2n) is 3.23. The highest BCUT2D eigenvalue weighted by molar-refractivity contribution is 5.86. The summed E-state index contributed by atoms with van der Waals surface area (Å²) < 4.78 is 7.09. The second kappa shape index (κ2) is 5.95. The molecule has 0 fully saturated rings. The van der Waals surface area contributed by atoms with Crippen molar-refractivity contribution < 1.29 is 14.6 Å². The van der Waals surface area contributed by atoms with Crippen LogP contribution in [0.25, 0.3) is 0 Å². The van der Waals surface area contributed by atoms with E-state index >= 15 is 0 Å². The monoisotopic (exact) mass is 224 g/mol. The molecule has 0 bridgehead atoms. The normalized spacial score (nSPS) is 11.5. The lowest BCUT2D eigenvalue weighted by Gasteiger charge is -2.00. The Bertz CT molecular complexity index is 382. The topological polar surface area (TPSA) is 64.4 Å². The van der Waals surface area contributed by atoms with Crippen LogP contribution in [0.2, 0.25) is 0 Å². The van der Waals surface area contributed by atoms with Crippen molar-refractivity contribution in [3.8, 4) is 5.75 Å². The van der Waals surface area contributed by atoms with Crippen molar-refractivity contribution in [2.45, 2.75) is 26.8 Å². The molecule has 16 heavy (non-hydrogen) atoms. The van der Waals surface area contributed by atoms with E-state index in [1.165, 1.54) is 0 Å². The molecule has 0 aliphatic heterocycles. The van der Waals surface area contributed by atoms with E-state index in [9.17, 15) is 4.79 Å². The van der Waals surface area contributed by atoms with Crippen LogP contribution < -0.4 is 4.74 Å². The van der Waals surface area contributed by atoms with E-state index in [0.717, 1.165) is 6.54 Å². The van der Waals surface area contributed by atoms with Crippen LogP contribution in [0, 0.1) is 0 Å². The van der Waals surface area contributed by atoms with Gasteiger partial charge < -0.3 is 9.84 Å². The molecular formula is C11H16N2O3. The van der Waals surface area contributed by atoms with E-state index in [1.807, 2.05) is 6.92 Å². The third-order valence-corrected chi connectivity index (χ3v) is 2.17. The molecule has 1 aromatic rings. The van der Waals surface area contributed by atoms with Crippen LogP contribution in [0.15, 0.2) is 24.0 Å². The van der Waals surface area contributed by atoms with E-state index in [0.29, 0.717) is 17.7 Å². The summed E-state index contributed by atoms with van der Waals surface area (Å²) in [5.41, 5.74) is 0.364. The number of carboxylic acid groups (broad SMARTS) is 1. The van der Waals surface area contributed by atoms with E-state index in [4.69, 9.17) is 9.84 Å². The Hall–Kier alpha value is -1.78. The molecule has 0 saturated heterocycles. The molecule has 1 N–H and O–H groups in total. The fraction of sp³-hybridized carbons (Fsp3) is 0.455. The molecule has 0 aromatic carbocycles. The number of carboxylic acids is 1. The molecule has 1 rings (SSSR count). The summed E-state index contributed by atoms with van der Waals surface area (Å²) in [5, 5.41) is 12.8. The van der Waals surface area contributed by atoms with E-state index < -0.39 is 5.97 Å². The minimum Gasteiger partial charge on any atom is -0.486 e. The van der Waals surface area contributed by atoms with Crippen LogP contribution in [-0.2, 0) is 11.3 Å². The maximum absolute atomic E-state index is 10.7. The summed E-state index contributed by atoms with van der Waals surface area (Å²) in [6, 6.07) is 0. The molecule has 0 atom stereocenters. The van der Waals surface area contributed by atoms with E-state index in [2.05, 4.69) is 5.10 Å². The number of aryl methyl sites for hydroxylation is 1. The molecular weight excluding hydrogens is 208 g/mol. The van der Waals surface area contributed by atoms with Crippen molar-refractivity contribution in [3.63, 3.8) is 0 Å². The molecule has 0 spiro atoms. The van der Waals surface area contributed by atoms with Crippen LogP contribution in [0.4, 0.5) is 0 Å². The Kier molecular flexibility index (Phi) is 4.57. The van der Waals surface area contributed by atoms with Crippen LogP contribution in [-0.4, -0.2) is 27.5 Å². The van der Waals surface area contributed by atoms with Gasteiger partial charge in [-0.3, -0.25) is 4.68 Å². The Morgan fingerprint density at radius 3 is 2.88 bits per heavy atom. The van der Waals surface area contributed by atoms with Gasteiger partial charge in [-0.2, -0.15) is 5.10 Å². The molecule has 1 aromatic heterocycles. The highest BCUT2D eigenvalue weighted by Crippen LogP contribution is 2.08. The molecule has 0 aliphatic carbocycles. The van der Waals surface area contributed by atoms with Crippen molar-refractivity contribution in [2.75, 3.05) is 6.61 Å².